The minimum Gasteiger partial charge on any atom is -0.396 e. The second kappa shape index (κ2) is 8.94. The highest BCUT2D eigenvalue weighted by Crippen LogP contribution is 2.19. The van der Waals surface area contributed by atoms with Gasteiger partial charge in [-0.15, -0.1) is 0 Å². The largest absolute Gasteiger partial charge is 0.396 e. The molecule has 0 radical (unpaired) electrons. The maximum Gasteiger partial charge on any atom is 0.251 e. The number of aliphatic hydroxyl groups is 1. The zero-order valence-corrected chi connectivity index (χ0v) is 14.0. The Labute approximate surface area is 145 Å². The van der Waals surface area contributed by atoms with Gasteiger partial charge in [-0.1, -0.05) is 30.3 Å². The van der Waals surface area contributed by atoms with Crippen LogP contribution in [0.5, 0.6) is 0 Å². The molecule has 0 saturated carbocycles. The zero-order chi connectivity index (χ0) is 18.2. The number of anilines is 1. The van der Waals surface area contributed by atoms with Crippen LogP contribution in [0.3, 0.4) is 0 Å². The van der Waals surface area contributed by atoms with Gasteiger partial charge in [-0.2, -0.15) is 0 Å². The molecule has 132 valence electrons. The Morgan fingerprint density at radius 3 is 2.52 bits per heavy atom. The summed E-state index contributed by atoms with van der Waals surface area (Å²) in [6.07, 6.45) is 0.519. The minimum atomic E-state index is -0.603. The van der Waals surface area contributed by atoms with Crippen LogP contribution in [0.15, 0.2) is 48.5 Å². The first-order chi connectivity index (χ1) is 12.0. The Hall–Kier alpha value is -2.73. The van der Waals surface area contributed by atoms with Crippen LogP contribution in [0.25, 0.3) is 0 Å². The molecule has 0 spiro atoms. The maximum absolute atomic E-state index is 13.7. The Bertz CT molecular complexity index is 735. The van der Waals surface area contributed by atoms with Crippen molar-refractivity contribution in [3.8, 4) is 0 Å². The molecule has 2 aromatic rings. The number of hydrogen-bond acceptors (Lipinski definition) is 3. The summed E-state index contributed by atoms with van der Waals surface area (Å²) in [4.78, 5) is 23.4. The molecule has 0 bridgehead atoms. The van der Waals surface area contributed by atoms with Gasteiger partial charge in [0.05, 0.1) is 5.69 Å². The molecular formula is C19H21FN2O3. The van der Waals surface area contributed by atoms with Gasteiger partial charge in [-0.3, -0.25) is 9.59 Å². The first-order valence-electron chi connectivity index (χ1n) is 8.02. The molecule has 0 heterocycles. The van der Waals surface area contributed by atoms with Crippen molar-refractivity contribution in [2.45, 2.75) is 19.3 Å². The number of hydrogen-bond donors (Lipinski definition) is 3. The average molecular weight is 344 g/mol. The van der Waals surface area contributed by atoms with Crippen molar-refractivity contribution in [2.75, 3.05) is 18.5 Å². The van der Waals surface area contributed by atoms with Gasteiger partial charge in [0.1, 0.15) is 5.82 Å². The number of halogens is 1. The van der Waals surface area contributed by atoms with Gasteiger partial charge in [0.2, 0.25) is 5.91 Å². The molecule has 0 aliphatic carbocycles. The number of rotatable bonds is 7. The predicted molar refractivity (Wildman–Crippen MR) is 93.9 cm³/mol. The van der Waals surface area contributed by atoms with Crippen LogP contribution in [0.1, 0.15) is 35.2 Å². The summed E-state index contributed by atoms with van der Waals surface area (Å²) in [5.41, 5.74) is 1.24. The molecule has 2 rings (SSSR count). The predicted octanol–water partition coefficient (Wildman–Crippen LogP) is 2.68. The van der Waals surface area contributed by atoms with E-state index in [9.17, 15) is 19.1 Å². The van der Waals surface area contributed by atoms with Gasteiger partial charge < -0.3 is 15.7 Å². The first-order valence-corrected chi connectivity index (χ1v) is 8.02. The van der Waals surface area contributed by atoms with Gasteiger partial charge in [-0.25, -0.2) is 4.39 Å². The molecule has 0 aromatic heterocycles. The molecule has 6 heteroatoms. The van der Waals surface area contributed by atoms with Crippen LogP contribution >= 0.6 is 0 Å². The highest BCUT2D eigenvalue weighted by atomic mass is 19.1. The molecule has 5 nitrogen and oxygen atoms in total. The third-order valence-electron chi connectivity index (χ3n) is 3.80. The van der Waals surface area contributed by atoms with Gasteiger partial charge >= 0.3 is 0 Å². The smallest absolute Gasteiger partial charge is 0.251 e. The third-order valence-corrected chi connectivity index (χ3v) is 3.80. The van der Waals surface area contributed by atoms with Crippen molar-refractivity contribution < 1.29 is 19.1 Å². The Kier molecular flexibility index (Phi) is 6.65. The molecule has 3 N–H and O–H groups in total. The zero-order valence-electron chi connectivity index (χ0n) is 14.0. The fraction of sp³-hybridized carbons (Fsp3) is 0.263. The second-order valence-corrected chi connectivity index (χ2v) is 5.71. The SMILES string of the molecule is CC(=O)Nc1cc(C(=O)NCC(CCO)c2ccccc2)ccc1F. The lowest BCUT2D eigenvalue weighted by Gasteiger charge is -2.17. The van der Waals surface area contributed by atoms with Crippen molar-refractivity contribution in [1.29, 1.82) is 0 Å². The first kappa shape index (κ1) is 18.6. The number of carbonyl (C=O) groups excluding carboxylic acids is 2. The van der Waals surface area contributed by atoms with Gasteiger partial charge in [0.25, 0.3) is 5.91 Å². The van der Waals surface area contributed by atoms with E-state index in [1.165, 1.54) is 19.1 Å². The fourth-order valence-corrected chi connectivity index (χ4v) is 2.54. The summed E-state index contributed by atoms with van der Waals surface area (Å²) >= 11 is 0. The molecule has 0 aliphatic rings. The summed E-state index contributed by atoms with van der Waals surface area (Å²) in [6.45, 7) is 1.63. The average Bonchev–Trinajstić information content (AvgIpc) is 2.60. The Balaban J connectivity index is 2.07. The van der Waals surface area contributed by atoms with Crippen LogP contribution in [-0.2, 0) is 4.79 Å². The van der Waals surface area contributed by atoms with E-state index in [4.69, 9.17) is 0 Å². The van der Waals surface area contributed by atoms with Crippen molar-refractivity contribution in [3.63, 3.8) is 0 Å². The van der Waals surface area contributed by atoms with E-state index in [1.54, 1.807) is 0 Å². The van der Waals surface area contributed by atoms with E-state index in [-0.39, 0.29) is 29.7 Å². The van der Waals surface area contributed by atoms with Gasteiger partial charge in [0.15, 0.2) is 0 Å². The monoisotopic (exact) mass is 344 g/mol. The fourth-order valence-electron chi connectivity index (χ4n) is 2.54. The molecular weight excluding hydrogens is 323 g/mol. The second-order valence-electron chi connectivity index (χ2n) is 5.71. The lowest BCUT2D eigenvalue weighted by atomic mass is 9.96. The summed E-state index contributed by atoms with van der Waals surface area (Å²) in [7, 11) is 0. The van der Waals surface area contributed by atoms with Gasteiger partial charge in [-0.05, 0) is 30.2 Å². The lowest BCUT2D eigenvalue weighted by molar-refractivity contribution is -0.114. The molecule has 2 aromatic carbocycles. The summed E-state index contributed by atoms with van der Waals surface area (Å²) in [5.74, 6) is -1.41. The Morgan fingerprint density at radius 2 is 1.88 bits per heavy atom. The van der Waals surface area contributed by atoms with Crippen molar-refractivity contribution in [1.82, 2.24) is 5.32 Å². The molecule has 0 saturated heterocycles. The van der Waals surface area contributed by atoms with Crippen LogP contribution in [-0.4, -0.2) is 30.1 Å². The van der Waals surface area contributed by atoms with E-state index in [2.05, 4.69) is 10.6 Å². The number of nitrogens with one attached hydrogen (secondary N) is 2. The van der Waals surface area contributed by atoms with E-state index < -0.39 is 11.7 Å². The third kappa shape index (κ3) is 5.39. The van der Waals surface area contributed by atoms with E-state index in [1.807, 2.05) is 30.3 Å². The molecule has 1 unspecified atom stereocenters. The number of benzene rings is 2. The maximum atomic E-state index is 13.7. The van der Waals surface area contributed by atoms with Crippen LogP contribution in [0, 0.1) is 5.82 Å². The standard InChI is InChI=1S/C19H21FN2O3/c1-13(24)22-18-11-15(7-8-17(18)20)19(25)21-12-16(9-10-23)14-5-3-2-4-6-14/h2-8,11,16,23H,9-10,12H2,1H3,(H,21,25)(H,22,24). The quantitative estimate of drug-likeness (QED) is 0.723. The van der Waals surface area contributed by atoms with Crippen molar-refractivity contribution in [2.24, 2.45) is 0 Å². The van der Waals surface area contributed by atoms with Gasteiger partial charge in [0, 0.05) is 31.6 Å². The summed E-state index contributed by atoms with van der Waals surface area (Å²) < 4.78 is 13.7. The summed E-state index contributed by atoms with van der Waals surface area (Å²) in [5, 5.41) is 14.4. The van der Waals surface area contributed by atoms with Crippen LogP contribution < -0.4 is 10.6 Å². The van der Waals surface area contributed by atoms with E-state index in [0.29, 0.717) is 13.0 Å². The summed E-state index contributed by atoms with van der Waals surface area (Å²) in [6, 6.07) is 13.4. The number of carbonyl (C=O) groups is 2. The topological polar surface area (TPSA) is 78.4 Å². The Morgan fingerprint density at radius 1 is 1.16 bits per heavy atom. The molecule has 2 amide bonds. The molecule has 0 fully saturated rings. The number of amides is 2. The van der Waals surface area contributed by atoms with Crippen molar-refractivity contribution in [3.05, 3.63) is 65.5 Å². The minimum absolute atomic E-state index is 0.0126. The van der Waals surface area contributed by atoms with Crippen LogP contribution in [0.4, 0.5) is 10.1 Å². The highest BCUT2D eigenvalue weighted by Gasteiger charge is 2.15. The highest BCUT2D eigenvalue weighted by molar-refractivity contribution is 5.96. The molecule has 1 atom stereocenters. The van der Waals surface area contributed by atoms with E-state index in [0.717, 1.165) is 11.6 Å². The number of aliphatic hydroxyl groups excluding tert-OH is 1. The lowest BCUT2D eigenvalue weighted by Crippen LogP contribution is -2.29. The van der Waals surface area contributed by atoms with Crippen molar-refractivity contribution >= 4 is 17.5 Å². The molecule has 0 aliphatic heterocycles. The molecule has 25 heavy (non-hydrogen) atoms. The van der Waals surface area contributed by atoms with Crippen LogP contribution in [0.2, 0.25) is 0 Å². The normalized spacial score (nSPS) is 11.6. The van der Waals surface area contributed by atoms with E-state index >= 15 is 0 Å².